The summed E-state index contributed by atoms with van der Waals surface area (Å²) in [6.07, 6.45) is 14.7. The van der Waals surface area contributed by atoms with Crippen LogP contribution in [0.2, 0.25) is 0 Å². The van der Waals surface area contributed by atoms with Gasteiger partial charge in [-0.3, -0.25) is 0 Å². The highest BCUT2D eigenvalue weighted by atomic mass is 15.2. The van der Waals surface area contributed by atoms with Gasteiger partial charge in [0.05, 0.1) is 5.54 Å². The van der Waals surface area contributed by atoms with Crippen LogP contribution in [-0.4, -0.2) is 5.54 Å². The van der Waals surface area contributed by atoms with Gasteiger partial charge in [-0.05, 0) is 126 Å². The summed E-state index contributed by atoms with van der Waals surface area (Å²) in [4.78, 5) is 4.91. The van der Waals surface area contributed by atoms with Gasteiger partial charge < -0.3 is 9.80 Å². The number of aryl methyl sites for hydroxylation is 4. The summed E-state index contributed by atoms with van der Waals surface area (Å²) in [5.74, 6) is 0. The molecule has 0 spiro atoms. The number of hydrogen-bond donors (Lipinski definition) is 0. The lowest BCUT2D eigenvalue weighted by molar-refractivity contribution is 0.342. The van der Waals surface area contributed by atoms with Gasteiger partial charge >= 0.3 is 0 Å². The SMILES string of the molecule is Cc1ccc(N(c2ccc(C)cc2)c2ccc(C3(C4=CCC(C)(N(c5ccc(C)cc5)c5ccc(C)cc5)C=C4)CCCCC3)cc2)cc1. The predicted molar refractivity (Wildman–Crippen MR) is 210 cm³/mol. The molecule has 2 aliphatic rings. The molecule has 1 unspecified atom stereocenters. The zero-order valence-electron chi connectivity index (χ0n) is 29.9. The molecule has 49 heavy (non-hydrogen) atoms. The molecule has 0 radical (unpaired) electrons. The quantitative estimate of drug-likeness (QED) is 0.166. The Hall–Kier alpha value is -4.82. The normalized spacial score (nSPS) is 18.5. The number of benzene rings is 5. The molecule has 2 heteroatoms. The predicted octanol–water partition coefficient (Wildman–Crippen LogP) is 13.1. The summed E-state index contributed by atoms with van der Waals surface area (Å²) >= 11 is 0. The van der Waals surface area contributed by atoms with Crippen molar-refractivity contribution in [2.24, 2.45) is 0 Å². The van der Waals surface area contributed by atoms with Crippen LogP contribution in [-0.2, 0) is 5.41 Å². The first-order valence-electron chi connectivity index (χ1n) is 18.1. The maximum Gasteiger partial charge on any atom is 0.0643 e. The number of anilines is 5. The molecule has 1 atom stereocenters. The molecule has 2 nitrogen and oxygen atoms in total. The summed E-state index contributed by atoms with van der Waals surface area (Å²) in [6, 6.07) is 45.3. The van der Waals surface area contributed by atoms with E-state index in [9.17, 15) is 0 Å². The maximum atomic E-state index is 2.57. The second kappa shape index (κ2) is 13.6. The van der Waals surface area contributed by atoms with Crippen LogP contribution in [0, 0.1) is 27.7 Å². The van der Waals surface area contributed by atoms with E-state index in [2.05, 4.69) is 184 Å². The molecule has 0 saturated heterocycles. The van der Waals surface area contributed by atoms with Crippen LogP contribution >= 0.6 is 0 Å². The molecular formula is C47H50N2. The molecule has 0 bridgehead atoms. The van der Waals surface area contributed by atoms with E-state index in [4.69, 9.17) is 0 Å². The number of rotatable bonds is 8. The smallest absolute Gasteiger partial charge is 0.0643 e. The third-order valence-corrected chi connectivity index (χ3v) is 11.0. The van der Waals surface area contributed by atoms with Crippen molar-refractivity contribution in [1.29, 1.82) is 0 Å². The van der Waals surface area contributed by atoms with Gasteiger partial charge in [0.2, 0.25) is 0 Å². The molecule has 248 valence electrons. The van der Waals surface area contributed by atoms with Gasteiger partial charge in [-0.15, -0.1) is 0 Å². The topological polar surface area (TPSA) is 6.48 Å². The van der Waals surface area contributed by atoms with Crippen molar-refractivity contribution in [2.75, 3.05) is 9.80 Å². The lowest BCUT2D eigenvalue weighted by Crippen LogP contribution is -2.43. The minimum Gasteiger partial charge on any atom is -0.332 e. The fraction of sp³-hybridized carbons (Fsp3) is 0.277. The van der Waals surface area contributed by atoms with Crippen molar-refractivity contribution < 1.29 is 0 Å². The van der Waals surface area contributed by atoms with E-state index in [0.717, 1.165) is 6.42 Å². The summed E-state index contributed by atoms with van der Waals surface area (Å²) in [5, 5.41) is 0. The van der Waals surface area contributed by atoms with Gasteiger partial charge in [0, 0.05) is 33.9 Å². The lowest BCUT2D eigenvalue weighted by Gasteiger charge is -2.45. The van der Waals surface area contributed by atoms with Crippen molar-refractivity contribution in [3.8, 4) is 0 Å². The van der Waals surface area contributed by atoms with E-state index in [1.54, 1.807) is 0 Å². The van der Waals surface area contributed by atoms with Crippen LogP contribution in [0.4, 0.5) is 28.4 Å². The molecular weight excluding hydrogens is 593 g/mol. The van der Waals surface area contributed by atoms with Crippen molar-refractivity contribution >= 4 is 28.4 Å². The van der Waals surface area contributed by atoms with Gasteiger partial charge in [0.25, 0.3) is 0 Å². The van der Waals surface area contributed by atoms with E-state index in [0.29, 0.717) is 0 Å². The molecule has 0 heterocycles. The standard InChI is InChI=1S/C47H50N2/c1-35-9-19-41(20-10-35)48(42-21-11-36(2)12-22-42)43-27-17-39(18-28-43)47(31-7-6-8-32-47)40-29-33-46(5,34-30-40)49(44-23-13-37(3)14-24-44)45-25-15-38(4)16-26-45/h9-30,33H,6-8,31-32,34H2,1-5H3. The Bertz CT molecular complexity index is 1830. The zero-order chi connectivity index (χ0) is 34.0. The molecule has 2 aliphatic carbocycles. The third kappa shape index (κ3) is 6.62. The Morgan fingerprint density at radius 1 is 0.469 bits per heavy atom. The molecule has 0 amide bonds. The summed E-state index contributed by atoms with van der Waals surface area (Å²) in [7, 11) is 0. The van der Waals surface area contributed by atoms with Gasteiger partial charge in [0.15, 0.2) is 0 Å². The average molecular weight is 643 g/mol. The summed E-state index contributed by atoms with van der Waals surface area (Å²) < 4.78 is 0. The molecule has 5 aromatic carbocycles. The summed E-state index contributed by atoms with van der Waals surface area (Å²) in [6.45, 7) is 11.0. The first-order valence-corrected chi connectivity index (χ1v) is 18.1. The van der Waals surface area contributed by atoms with Gasteiger partial charge in [-0.25, -0.2) is 0 Å². The average Bonchev–Trinajstić information content (AvgIpc) is 3.13. The van der Waals surface area contributed by atoms with Crippen LogP contribution in [0.3, 0.4) is 0 Å². The zero-order valence-corrected chi connectivity index (χ0v) is 29.9. The highest BCUT2D eigenvalue weighted by Crippen LogP contribution is 2.49. The largest absolute Gasteiger partial charge is 0.332 e. The van der Waals surface area contributed by atoms with Crippen molar-refractivity contribution in [3.05, 3.63) is 173 Å². The van der Waals surface area contributed by atoms with Crippen LogP contribution in [0.25, 0.3) is 0 Å². The van der Waals surface area contributed by atoms with Gasteiger partial charge in [0.1, 0.15) is 0 Å². The number of nitrogens with zero attached hydrogens (tertiary/aromatic N) is 2. The maximum absolute atomic E-state index is 2.57. The van der Waals surface area contributed by atoms with E-state index in [1.165, 1.54) is 93.9 Å². The van der Waals surface area contributed by atoms with Crippen LogP contribution in [0.5, 0.6) is 0 Å². The van der Waals surface area contributed by atoms with E-state index in [-0.39, 0.29) is 11.0 Å². The molecule has 5 aromatic rings. The third-order valence-electron chi connectivity index (χ3n) is 11.0. The Labute approximate surface area is 294 Å². The van der Waals surface area contributed by atoms with E-state index >= 15 is 0 Å². The molecule has 0 N–H and O–H groups in total. The minimum absolute atomic E-state index is 0.0334. The second-order valence-corrected chi connectivity index (χ2v) is 14.8. The fourth-order valence-electron chi connectivity index (χ4n) is 8.03. The molecule has 1 saturated carbocycles. The Kier molecular flexibility index (Phi) is 9.07. The Morgan fingerprint density at radius 2 is 0.857 bits per heavy atom. The highest BCUT2D eigenvalue weighted by molar-refractivity contribution is 5.77. The first-order chi connectivity index (χ1) is 23.7. The minimum atomic E-state index is -0.184. The highest BCUT2D eigenvalue weighted by Gasteiger charge is 2.40. The van der Waals surface area contributed by atoms with Gasteiger partial charge in [-0.1, -0.05) is 120 Å². The van der Waals surface area contributed by atoms with E-state index in [1.807, 2.05) is 0 Å². The fourth-order valence-corrected chi connectivity index (χ4v) is 8.03. The molecule has 1 fully saturated rings. The van der Waals surface area contributed by atoms with Crippen LogP contribution < -0.4 is 9.80 Å². The number of hydrogen-bond acceptors (Lipinski definition) is 2. The van der Waals surface area contributed by atoms with Crippen molar-refractivity contribution in [1.82, 2.24) is 0 Å². The van der Waals surface area contributed by atoms with E-state index < -0.39 is 0 Å². The second-order valence-electron chi connectivity index (χ2n) is 14.8. The van der Waals surface area contributed by atoms with Crippen molar-refractivity contribution in [2.45, 2.75) is 84.1 Å². The summed E-state index contributed by atoms with van der Waals surface area (Å²) in [5.41, 5.74) is 13.9. The molecule has 0 aromatic heterocycles. The monoisotopic (exact) mass is 642 g/mol. The Balaban J connectivity index is 1.23. The molecule has 0 aliphatic heterocycles. The molecule has 7 rings (SSSR count). The van der Waals surface area contributed by atoms with Gasteiger partial charge in [-0.2, -0.15) is 0 Å². The van der Waals surface area contributed by atoms with Crippen LogP contribution in [0.1, 0.15) is 73.3 Å². The Morgan fingerprint density at radius 3 is 1.24 bits per heavy atom. The number of allylic oxidation sites excluding steroid dienone is 2. The van der Waals surface area contributed by atoms with Crippen molar-refractivity contribution in [3.63, 3.8) is 0 Å². The lowest BCUT2D eigenvalue weighted by atomic mass is 9.63. The van der Waals surface area contributed by atoms with Crippen LogP contribution in [0.15, 0.2) is 145 Å². The first kappa shape index (κ1) is 32.7.